The molecule has 5 nitrogen and oxygen atoms in total. The first-order valence-corrected chi connectivity index (χ1v) is 7.64. The molecule has 1 heterocycles. The topological polar surface area (TPSA) is 85.1 Å². The summed E-state index contributed by atoms with van der Waals surface area (Å²) >= 11 is 0. The Kier molecular flexibility index (Phi) is 4.06. The number of nitrogens with one attached hydrogen (secondary N) is 1. The van der Waals surface area contributed by atoms with Gasteiger partial charge in [0.15, 0.2) is 0 Å². The Morgan fingerprint density at radius 1 is 1.20 bits per heavy atom. The molecule has 0 spiro atoms. The zero-order chi connectivity index (χ0) is 14.8. The van der Waals surface area contributed by atoms with Gasteiger partial charge in [0.1, 0.15) is 4.90 Å². The normalized spacial score (nSPS) is 11.5. The van der Waals surface area contributed by atoms with Crippen molar-refractivity contribution in [3.8, 4) is 0 Å². The monoisotopic (exact) mass is 291 g/mol. The molecule has 0 aliphatic heterocycles. The summed E-state index contributed by atoms with van der Waals surface area (Å²) in [5.41, 5.74) is 8.62. The van der Waals surface area contributed by atoms with Gasteiger partial charge < -0.3 is 5.73 Å². The third-order valence-corrected chi connectivity index (χ3v) is 4.37. The molecule has 2 aromatic rings. The maximum absolute atomic E-state index is 12.2. The molecule has 0 aliphatic carbocycles. The summed E-state index contributed by atoms with van der Waals surface area (Å²) < 4.78 is 26.9. The molecule has 0 fully saturated rings. The van der Waals surface area contributed by atoms with Crippen molar-refractivity contribution in [3.05, 3.63) is 53.3 Å². The van der Waals surface area contributed by atoms with E-state index in [-0.39, 0.29) is 17.1 Å². The fourth-order valence-corrected chi connectivity index (χ4v) is 2.90. The van der Waals surface area contributed by atoms with E-state index >= 15 is 0 Å². The van der Waals surface area contributed by atoms with E-state index in [1.54, 1.807) is 18.3 Å². The Morgan fingerprint density at radius 2 is 1.95 bits per heavy atom. The third-order valence-electron chi connectivity index (χ3n) is 2.89. The van der Waals surface area contributed by atoms with Crippen LogP contribution in [0.3, 0.4) is 0 Å². The van der Waals surface area contributed by atoms with Crippen molar-refractivity contribution < 1.29 is 8.42 Å². The highest BCUT2D eigenvalue weighted by Crippen LogP contribution is 2.19. The van der Waals surface area contributed by atoms with Crippen LogP contribution in [-0.4, -0.2) is 13.4 Å². The lowest BCUT2D eigenvalue weighted by Crippen LogP contribution is -2.24. The van der Waals surface area contributed by atoms with Crippen LogP contribution in [0.15, 0.2) is 41.4 Å². The van der Waals surface area contributed by atoms with E-state index in [1.807, 2.05) is 26.0 Å². The van der Waals surface area contributed by atoms with Crippen LogP contribution in [0.4, 0.5) is 5.69 Å². The minimum atomic E-state index is -3.62. The molecule has 1 aromatic heterocycles. The molecule has 0 aliphatic rings. The summed E-state index contributed by atoms with van der Waals surface area (Å²) in [5.74, 6) is 0. The summed E-state index contributed by atoms with van der Waals surface area (Å²) in [6.07, 6.45) is 1.65. The van der Waals surface area contributed by atoms with E-state index in [1.165, 1.54) is 6.07 Å². The zero-order valence-electron chi connectivity index (χ0n) is 11.4. The molecule has 20 heavy (non-hydrogen) atoms. The van der Waals surface area contributed by atoms with E-state index in [0.29, 0.717) is 0 Å². The molecule has 0 amide bonds. The van der Waals surface area contributed by atoms with Crippen molar-refractivity contribution in [2.45, 2.75) is 25.3 Å². The van der Waals surface area contributed by atoms with Gasteiger partial charge in [0, 0.05) is 18.4 Å². The number of benzene rings is 1. The number of anilines is 1. The average Bonchev–Trinajstić information content (AvgIpc) is 2.37. The highest BCUT2D eigenvalue weighted by Gasteiger charge is 2.16. The van der Waals surface area contributed by atoms with Crippen LogP contribution in [0, 0.1) is 13.8 Å². The Balaban J connectivity index is 2.17. The van der Waals surface area contributed by atoms with Gasteiger partial charge in [-0.05, 0) is 43.2 Å². The second kappa shape index (κ2) is 5.60. The number of hydrogen-bond donors (Lipinski definition) is 2. The first-order valence-electron chi connectivity index (χ1n) is 6.16. The Hall–Kier alpha value is -1.92. The first-order chi connectivity index (χ1) is 9.38. The highest BCUT2D eigenvalue weighted by molar-refractivity contribution is 7.89. The predicted molar refractivity (Wildman–Crippen MR) is 78.6 cm³/mol. The number of hydrogen-bond acceptors (Lipinski definition) is 4. The summed E-state index contributed by atoms with van der Waals surface area (Å²) in [7, 11) is -3.62. The highest BCUT2D eigenvalue weighted by atomic mass is 32.2. The van der Waals surface area contributed by atoms with Crippen LogP contribution >= 0.6 is 0 Å². The molecular formula is C14H17N3O2S. The standard InChI is InChI=1S/C14H17N3O2S/c1-10-3-6-14(13(15)7-10)20(18,19)17-9-12-5-4-11(2)16-8-12/h3-8,17H,9,15H2,1-2H3. The van der Waals surface area contributed by atoms with Crippen molar-refractivity contribution in [3.63, 3.8) is 0 Å². The number of sulfonamides is 1. The maximum atomic E-state index is 12.2. The van der Waals surface area contributed by atoms with Gasteiger partial charge >= 0.3 is 0 Å². The molecule has 0 saturated heterocycles. The van der Waals surface area contributed by atoms with Gasteiger partial charge in [0.25, 0.3) is 0 Å². The maximum Gasteiger partial charge on any atom is 0.242 e. The smallest absolute Gasteiger partial charge is 0.242 e. The summed E-state index contributed by atoms with van der Waals surface area (Å²) in [5, 5.41) is 0. The largest absolute Gasteiger partial charge is 0.398 e. The molecule has 6 heteroatoms. The third kappa shape index (κ3) is 3.34. The Bertz CT molecular complexity index is 710. The number of pyridine rings is 1. The molecule has 0 bridgehead atoms. The minimum Gasteiger partial charge on any atom is -0.398 e. The van der Waals surface area contributed by atoms with Gasteiger partial charge in [-0.3, -0.25) is 4.98 Å². The van der Waals surface area contributed by atoms with E-state index in [2.05, 4.69) is 9.71 Å². The molecule has 106 valence electrons. The lowest BCUT2D eigenvalue weighted by atomic mass is 10.2. The molecular weight excluding hydrogens is 274 g/mol. The van der Waals surface area contributed by atoms with Crippen molar-refractivity contribution in [1.29, 1.82) is 0 Å². The first kappa shape index (κ1) is 14.5. The van der Waals surface area contributed by atoms with E-state index in [0.717, 1.165) is 16.8 Å². The van der Waals surface area contributed by atoms with Gasteiger partial charge in [0.05, 0.1) is 5.69 Å². The number of aromatic nitrogens is 1. The molecule has 3 N–H and O–H groups in total. The van der Waals surface area contributed by atoms with E-state index in [4.69, 9.17) is 5.73 Å². The summed E-state index contributed by atoms with van der Waals surface area (Å²) in [4.78, 5) is 4.22. The Labute approximate surface area is 118 Å². The van der Waals surface area contributed by atoms with Gasteiger partial charge in [-0.15, -0.1) is 0 Å². The van der Waals surface area contributed by atoms with Crippen LogP contribution < -0.4 is 10.5 Å². The number of nitrogen functional groups attached to an aromatic ring is 1. The van der Waals surface area contributed by atoms with Crippen LogP contribution in [0.5, 0.6) is 0 Å². The Morgan fingerprint density at radius 3 is 2.55 bits per heavy atom. The van der Waals surface area contributed by atoms with Crippen molar-refractivity contribution in [2.24, 2.45) is 0 Å². The SMILES string of the molecule is Cc1ccc(S(=O)(=O)NCc2ccc(C)nc2)c(N)c1. The van der Waals surface area contributed by atoms with Gasteiger partial charge in [-0.1, -0.05) is 12.1 Å². The second-order valence-corrected chi connectivity index (χ2v) is 6.41. The van der Waals surface area contributed by atoms with Crippen LogP contribution in [0.1, 0.15) is 16.8 Å². The van der Waals surface area contributed by atoms with Crippen molar-refractivity contribution in [1.82, 2.24) is 9.71 Å². The summed E-state index contributed by atoms with van der Waals surface area (Å²) in [6.45, 7) is 3.92. The number of aryl methyl sites for hydroxylation is 2. The second-order valence-electron chi connectivity index (χ2n) is 4.67. The zero-order valence-corrected chi connectivity index (χ0v) is 12.2. The van der Waals surface area contributed by atoms with Crippen molar-refractivity contribution >= 4 is 15.7 Å². The summed E-state index contributed by atoms with van der Waals surface area (Å²) in [6, 6.07) is 8.55. The van der Waals surface area contributed by atoms with Crippen LogP contribution in [-0.2, 0) is 16.6 Å². The quantitative estimate of drug-likeness (QED) is 0.841. The fraction of sp³-hybridized carbons (Fsp3) is 0.214. The number of nitrogens with zero attached hydrogens (tertiary/aromatic N) is 1. The van der Waals surface area contributed by atoms with Gasteiger partial charge in [-0.25, -0.2) is 13.1 Å². The van der Waals surface area contributed by atoms with Crippen molar-refractivity contribution in [2.75, 3.05) is 5.73 Å². The molecule has 0 unspecified atom stereocenters. The minimum absolute atomic E-state index is 0.100. The molecule has 2 rings (SSSR count). The molecule has 0 saturated carbocycles. The lowest BCUT2D eigenvalue weighted by molar-refractivity contribution is 0.581. The van der Waals surface area contributed by atoms with Crippen LogP contribution in [0.2, 0.25) is 0 Å². The fourth-order valence-electron chi connectivity index (χ4n) is 1.77. The van der Waals surface area contributed by atoms with Gasteiger partial charge in [-0.2, -0.15) is 0 Å². The number of rotatable bonds is 4. The predicted octanol–water partition coefficient (Wildman–Crippen LogP) is 1.76. The molecule has 1 aromatic carbocycles. The van der Waals surface area contributed by atoms with Crippen LogP contribution in [0.25, 0.3) is 0 Å². The molecule has 0 atom stereocenters. The molecule has 0 radical (unpaired) electrons. The lowest BCUT2D eigenvalue weighted by Gasteiger charge is -2.09. The number of nitrogens with two attached hydrogens (primary N) is 1. The average molecular weight is 291 g/mol. The van der Waals surface area contributed by atoms with E-state index < -0.39 is 10.0 Å². The van der Waals surface area contributed by atoms with Gasteiger partial charge in [0.2, 0.25) is 10.0 Å². The van der Waals surface area contributed by atoms with E-state index in [9.17, 15) is 8.42 Å².